The molecule has 3 aromatic carbocycles. The second kappa shape index (κ2) is 16.5. The van der Waals surface area contributed by atoms with Crippen LogP contribution in [-0.2, 0) is 31.6 Å². The number of carbonyl (C=O) groups excluding carboxylic acids is 4. The third-order valence-corrected chi connectivity index (χ3v) is 16.2. The van der Waals surface area contributed by atoms with Crippen LogP contribution in [0, 0.1) is 11.7 Å². The van der Waals surface area contributed by atoms with Crippen LogP contribution in [0.15, 0.2) is 59.4 Å². The number of amides is 4. The van der Waals surface area contributed by atoms with Crippen molar-refractivity contribution in [1.82, 2.24) is 30.0 Å². The van der Waals surface area contributed by atoms with Crippen molar-refractivity contribution in [3.8, 4) is 0 Å². The van der Waals surface area contributed by atoms with Gasteiger partial charge in [0.15, 0.2) is 0 Å². The Morgan fingerprint density at radius 2 is 1.60 bits per heavy atom. The Hall–Kier alpha value is -4.56. The van der Waals surface area contributed by atoms with Crippen LogP contribution in [0.25, 0.3) is 11.0 Å². The van der Waals surface area contributed by atoms with Gasteiger partial charge in [-0.05, 0) is 124 Å². The molecule has 5 fully saturated rings. The molecule has 3 saturated heterocycles. The maximum Gasteiger partial charge on any atom is 0.329 e. The molecule has 2 aliphatic carbocycles. The average molecular weight is 899 g/mol. The van der Waals surface area contributed by atoms with E-state index in [1.165, 1.54) is 6.07 Å². The Balaban J connectivity index is 0.816. The zero-order chi connectivity index (χ0) is 43.8. The molecule has 4 aromatic rings. The molecule has 4 aliphatic heterocycles. The van der Waals surface area contributed by atoms with E-state index in [9.17, 15) is 24.0 Å². The average Bonchev–Trinajstić information content (AvgIpc) is 3.83. The molecule has 63 heavy (non-hydrogen) atoms. The maximum absolute atomic E-state index is 16.3. The Kier molecular flexibility index (Phi) is 11.1. The summed E-state index contributed by atoms with van der Waals surface area (Å²) >= 11 is 12.9. The van der Waals surface area contributed by atoms with Crippen LogP contribution in [0.4, 0.5) is 10.1 Å². The molecule has 332 valence electrons. The van der Waals surface area contributed by atoms with Crippen LogP contribution in [0.1, 0.15) is 118 Å². The van der Waals surface area contributed by atoms with Crippen LogP contribution in [-0.4, -0.2) is 74.9 Å². The van der Waals surface area contributed by atoms with E-state index in [0.717, 1.165) is 99.6 Å². The lowest BCUT2D eigenvalue weighted by molar-refractivity contribution is -0.136. The lowest BCUT2D eigenvalue weighted by Gasteiger charge is -2.47. The predicted octanol–water partition coefficient (Wildman–Crippen LogP) is 6.97. The van der Waals surface area contributed by atoms with E-state index in [1.807, 2.05) is 18.2 Å². The number of carbonyl (C=O) groups is 4. The number of fused-ring (bicyclic) bond motifs is 4. The Bertz CT molecular complexity index is 2570. The molecule has 4 atom stereocenters. The van der Waals surface area contributed by atoms with Crippen molar-refractivity contribution in [2.75, 3.05) is 25.0 Å². The monoisotopic (exact) mass is 897 g/mol. The molecule has 1 unspecified atom stereocenters. The number of hydrogen-bond acceptors (Lipinski definition) is 7. The Labute approximate surface area is 375 Å². The molecular formula is C48H54Cl2FN7O5. The summed E-state index contributed by atoms with van der Waals surface area (Å²) < 4.78 is 19.6. The van der Waals surface area contributed by atoms with Crippen molar-refractivity contribution < 1.29 is 23.6 Å². The molecule has 6 aliphatic rings. The van der Waals surface area contributed by atoms with Gasteiger partial charge in [-0.3, -0.25) is 38.9 Å². The summed E-state index contributed by atoms with van der Waals surface area (Å²) in [5, 5.41) is 13.1. The molecule has 4 N–H and O–H groups in total. The van der Waals surface area contributed by atoms with Gasteiger partial charge in [0.1, 0.15) is 17.3 Å². The number of imide groups is 1. The van der Waals surface area contributed by atoms with Gasteiger partial charge >= 0.3 is 5.69 Å². The van der Waals surface area contributed by atoms with E-state index in [2.05, 4.69) is 32.2 Å². The van der Waals surface area contributed by atoms with E-state index >= 15 is 4.39 Å². The van der Waals surface area contributed by atoms with Crippen LogP contribution >= 0.6 is 23.2 Å². The lowest BCUT2D eigenvalue weighted by atomic mass is 9.55. The molecule has 4 amide bonds. The van der Waals surface area contributed by atoms with Crippen LogP contribution in [0.2, 0.25) is 10.0 Å². The second-order valence-corrected chi connectivity index (χ2v) is 19.9. The second-order valence-electron chi connectivity index (χ2n) is 19.0. The van der Waals surface area contributed by atoms with Gasteiger partial charge in [0.2, 0.25) is 23.6 Å². The van der Waals surface area contributed by atoms with E-state index < -0.39 is 40.7 Å². The lowest BCUT2D eigenvalue weighted by Crippen LogP contribution is -2.60. The van der Waals surface area contributed by atoms with Gasteiger partial charge in [0.05, 0.1) is 22.1 Å². The van der Waals surface area contributed by atoms with E-state index in [-0.39, 0.29) is 52.4 Å². The number of likely N-dealkylation sites (tertiary alicyclic amines) is 1. The minimum absolute atomic E-state index is 0.0466. The van der Waals surface area contributed by atoms with E-state index in [1.54, 1.807) is 40.4 Å². The summed E-state index contributed by atoms with van der Waals surface area (Å²) in [5.74, 6) is -1.93. The minimum Gasteiger partial charge on any atom is -0.352 e. The van der Waals surface area contributed by atoms with Gasteiger partial charge in [-0.25, -0.2) is 9.18 Å². The van der Waals surface area contributed by atoms with Crippen molar-refractivity contribution in [3.05, 3.63) is 97.6 Å². The van der Waals surface area contributed by atoms with Gasteiger partial charge < -0.3 is 15.5 Å². The zero-order valence-corrected chi connectivity index (χ0v) is 37.0. The Morgan fingerprint density at radius 3 is 2.35 bits per heavy atom. The highest BCUT2D eigenvalue weighted by Crippen LogP contribution is 2.63. The fourth-order valence-corrected chi connectivity index (χ4v) is 13.2. The van der Waals surface area contributed by atoms with Gasteiger partial charge in [0.25, 0.3) is 0 Å². The van der Waals surface area contributed by atoms with Crippen molar-refractivity contribution in [1.29, 1.82) is 0 Å². The number of piperidine rings is 2. The highest BCUT2D eigenvalue weighted by molar-refractivity contribution is 6.31. The van der Waals surface area contributed by atoms with Crippen LogP contribution in [0.3, 0.4) is 0 Å². The highest BCUT2D eigenvalue weighted by atomic mass is 35.5. The first kappa shape index (κ1) is 42.4. The first-order valence-electron chi connectivity index (χ1n) is 22.8. The standard InChI is InChI=1S/C48H54Cl2FN7O5/c1-56-42-31(7-6-10-36(42)58(46(56)63)37-17-18-38(59)54-43(37)60)28-19-23-57(24-20-28)26-27-11-14-30(15-12-27)52-44(61)41-39(32-8-5-9-34(50)40(32)51)48(47(55-41)21-3-2-4-22-47)33-16-13-29(49)25-35(33)53-45(48)62/h5-10,13,16,25,27-28,30,37,39,41,55H,2-4,11-12,14-15,17-24,26H2,1H3,(H,52,61)(H,53,62)(H,54,59,60)/t27-,30-,37?,39-,41+,48+/m0/s1. The molecule has 5 heterocycles. The first-order chi connectivity index (χ1) is 30.4. The third-order valence-electron chi connectivity index (χ3n) is 15.7. The number of halogens is 3. The van der Waals surface area contributed by atoms with Crippen molar-refractivity contribution in [2.24, 2.45) is 13.0 Å². The fourth-order valence-electron chi connectivity index (χ4n) is 12.8. The number of rotatable bonds is 7. The third kappa shape index (κ3) is 6.94. The van der Waals surface area contributed by atoms with Crippen molar-refractivity contribution in [3.63, 3.8) is 0 Å². The molecule has 2 saturated carbocycles. The maximum atomic E-state index is 16.3. The summed E-state index contributed by atoms with van der Waals surface area (Å²) in [5.41, 5.74) is 1.99. The summed E-state index contributed by atoms with van der Waals surface area (Å²) in [6.45, 7) is 2.84. The van der Waals surface area contributed by atoms with Gasteiger partial charge in [-0.15, -0.1) is 0 Å². The summed E-state index contributed by atoms with van der Waals surface area (Å²) in [6.07, 6.45) is 10.1. The SMILES string of the molecule is Cn1c(=O)n(C2CCC(=O)NC2=O)c2cccc(C3CCN(C[C@H]4CC[C@H](NC(=O)[C@@H]5NC6(CCCCC6)[C@@]6(C(=O)Nc7cc(Cl)ccc76)[C@H]5c5cccc(Cl)c5F)CC4)CC3)c21. The van der Waals surface area contributed by atoms with E-state index in [4.69, 9.17) is 23.2 Å². The molecule has 0 bridgehead atoms. The number of hydrogen-bond donors (Lipinski definition) is 4. The fraction of sp³-hybridized carbons (Fsp3) is 0.521. The number of nitrogens with zero attached hydrogens (tertiary/aromatic N) is 3. The normalized spacial score (nSPS) is 28.7. The number of imidazole rings is 1. The molecule has 10 rings (SSSR count). The molecule has 2 spiro atoms. The zero-order valence-electron chi connectivity index (χ0n) is 35.5. The number of benzene rings is 3. The summed E-state index contributed by atoms with van der Waals surface area (Å²) in [6, 6.07) is 14.6. The van der Waals surface area contributed by atoms with E-state index in [0.29, 0.717) is 35.9 Å². The van der Waals surface area contributed by atoms with Gasteiger partial charge in [-0.1, -0.05) is 72.8 Å². The van der Waals surface area contributed by atoms with Gasteiger partial charge in [-0.2, -0.15) is 0 Å². The van der Waals surface area contributed by atoms with Crippen molar-refractivity contribution in [2.45, 2.75) is 124 Å². The van der Waals surface area contributed by atoms with Crippen molar-refractivity contribution >= 4 is 63.6 Å². The molecule has 0 radical (unpaired) electrons. The highest BCUT2D eigenvalue weighted by Gasteiger charge is 2.72. The van der Waals surface area contributed by atoms with Crippen LogP contribution in [0.5, 0.6) is 0 Å². The summed E-state index contributed by atoms with van der Waals surface area (Å²) in [7, 11) is 1.76. The quantitative estimate of drug-likeness (QED) is 0.147. The molecule has 12 nitrogen and oxygen atoms in total. The van der Waals surface area contributed by atoms with Gasteiger partial charge in [0, 0.05) is 48.2 Å². The molecule has 15 heteroatoms. The first-order valence-corrected chi connectivity index (χ1v) is 23.5. The number of aromatic nitrogens is 2. The molecular weight excluding hydrogens is 844 g/mol. The topological polar surface area (TPSA) is 147 Å². The number of para-hydroxylation sites is 1. The minimum atomic E-state index is -1.27. The number of aryl methyl sites for hydroxylation is 1. The van der Waals surface area contributed by atoms with Crippen LogP contribution < -0.4 is 27.0 Å². The number of nitrogens with one attached hydrogen (secondary N) is 4. The largest absolute Gasteiger partial charge is 0.352 e. The summed E-state index contributed by atoms with van der Waals surface area (Å²) in [4.78, 5) is 70.2. The number of anilines is 1. The molecule has 1 aromatic heterocycles. The predicted molar refractivity (Wildman–Crippen MR) is 240 cm³/mol. The smallest absolute Gasteiger partial charge is 0.329 e. The Morgan fingerprint density at radius 1 is 0.873 bits per heavy atom.